The van der Waals surface area contributed by atoms with Crippen LogP contribution in [0.5, 0.6) is 5.75 Å². The van der Waals surface area contributed by atoms with E-state index in [2.05, 4.69) is 205 Å². The number of ether oxygens (including phenoxy) is 1. The lowest BCUT2D eigenvalue weighted by Gasteiger charge is -2.50. The molecule has 64 heavy (non-hydrogen) atoms. The highest BCUT2D eigenvalue weighted by Gasteiger charge is 2.55. The normalized spacial score (nSPS) is 17.2. The summed E-state index contributed by atoms with van der Waals surface area (Å²) in [4.78, 5) is 5.19. The third kappa shape index (κ3) is 4.91. The van der Waals surface area contributed by atoms with Gasteiger partial charge in [0, 0.05) is 44.2 Å². The molecule has 5 heterocycles. The van der Waals surface area contributed by atoms with Gasteiger partial charge in [-0.15, -0.1) is 0 Å². The summed E-state index contributed by atoms with van der Waals surface area (Å²) in [6.45, 7) is 0. The van der Waals surface area contributed by atoms with Crippen molar-refractivity contribution in [3.05, 3.63) is 240 Å². The molecular formula is C60H38N2O2. The molecule has 2 atom stereocenters. The van der Waals surface area contributed by atoms with Gasteiger partial charge in [-0.25, -0.2) is 4.98 Å². The maximum Gasteiger partial charge on any atom is 0.136 e. The van der Waals surface area contributed by atoms with Crippen molar-refractivity contribution in [3.8, 4) is 45.1 Å². The first-order valence-electron chi connectivity index (χ1n) is 22.1. The molecule has 0 saturated carbocycles. The summed E-state index contributed by atoms with van der Waals surface area (Å²) in [5, 5.41) is 4.74. The number of fused-ring (bicyclic) bond motifs is 14. The Bertz CT molecular complexity index is 3740. The van der Waals surface area contributed by atoms with Crippen LogP contribution in [0.4, 0.5) is 0 Å². The minimum atomic E-state index is -0.519. The molecule has 4 heteroatoms. The van der Waals surface area contributed by atoms with E-state index in [1.807, 2.05) is 12.1 Å². The fourth-order valence-corrected chi connectivity index (χ4v) is 11.4. The lowest BCUT2D eigenvalue weighted by atomic mass is 9.56. The molecule has 0 fully saturated rings. The Labute approximate surface area is 369 Å². The fraction of sp³-hybridized carbons (Fsp3) is 0.0500. The second-order valence-corrected chi connectivity index (χ2v) is 17.3. The topological polar surface area (TPSA) is 40.2 Å². The van der Waals surface area contributed by atoms with E-state index in [0.717, 1.165) is 73.5 Å². The summed E-state index contributed by atoms with van der Waals surface area (Å²) in [7, 11) is 0. The molecule has 0 N–H and O–H groups in total. The molecule has 1 spiro atoms. The first-order chi connectivity index (χ1) is 31.7. The van der Waals surface area contributed by atoms with Crippen LogP contribution in [0, 0.1) is 5.92 Å². The van der Waals surface area contributed by atoms with Crippen LogP contribution in [0.25, 0.3) is 88.6 Å². The molecule has 11 aromatic rings. The van der Waals surface area contributed by atoms with Gasteiger partial charge in [-0.3, -0.25) is 0 Å². The SMILES string of the molecule is C1=C(c2ccc3oc4cccc(-c5cc(-c6ccccc6)nc(-c6ccccc6)c5)c4c3c2)CC2C(=C1)Oc1ccccc1C21c2ccccc2-n2c3ccccc3c3cccc1c32. The average Bonchev–Trinajstić information content (AvgIpc) is 3.92. The molecule has 300 valence electrons. The number of aromatic nitrogens is 2. The number of furan rings is 1. The lowest BCUT2D eigenvalue weighted by molar-refractivity contribution is 0.252. The monoisotopic (exact) mass is 818 g/mol. The van der Waals surface area contributed by atoms with Crippen molar-refractivity contribution in [1.82, 2.24) is 9.55 Å². The van der Waals surface area contributed by atoms with Gasteiger partial charge in [0.1, 0.15) is 22.7 Å². The third-order valence-corrected chi connectivity index (χ3v) is 14.1. The van der Waals surface area contributed by atoms with Crippen molar-refractivity contribution in [2.45, 2.75) is 11.8 Å². The Kier molecular flexibility index (Phi) is 7.41. The number of nitrogens with zero attached hydrogens (tertiary/aromatic N) is 2. The van der Waals surface area contributed by atoms with Gasteiger partial charge in [-0.05, 0) is 94.4 Å². The molecular weight excluding hydrogens is 781 g/mol. The van der Waals surface area contributed by atoms with Crippen molar-refractivity contribution < 1.29 is 9.15 Å². The zero-order valence-corrected chi connectivity index (χ0v) is 34.7. The Hall–Kier alpha value is -8.21. The van der Waals surface area contributed by atoms with Crippen LogP contribution in [0.3, 0.4) is 0 Å². The van der Waals surface area contributed by atoms with Gasteiger partial charge in [-0.2, -0.15) is 0 Å². The molecule has 2 aliphatic heterocycles. The summed E-state index contributed by atoms with van der Waals surface area (Å²) >= 11 is 0. The molecule has 3 aromatic heterocycles. The average molecular weight is 819 g/mol. The molecule has 3 aliphatic rings. The molecule has 2 unspecified atom stereocenters. The number of benzene rings is 8. The van der Waals surface area contributed by atoms with Crippen LogP contribution < -0.4 is 4.74 Å². The van der Waals surface area contributed by atoms with Crippen LogP contribution in [0.2, 0.25) is 0 Å². The molecule has 0 amide bonds. The summed E-state index contributed by atoms with van der Waals surface area (Å²) in [5.41, 5.74) is 17.4. The molecule has 4 nitrogen and oxygen atoms in total. The standard InChI is InChI=1S/C60H38N2O2/c1-3-15-37(16-4-1)50-35-41(36-51(61-50)38-17-5-2-6-18-38)42-20-14-28-57-58(42)45-33-39(29-31-54(45)63-57)40-30-32-56-49(34-40)60(47-23-9-12-27-55(47)64-56)46-22-8-11-26-53(46)62-52-25-10-7-19-43(52)44-21-13-24-48(60)59(44)62/h1-33,35-36,49H,34H2. The maximum atomic E-state index is 6.96. The summed E-state index contributed by atoms with van der Waals surface area (Å²) in [5.74, 6) is 1.90. The third-order valence-electron chi connectivity index (χ3n) is 14.1. The van der Waals surface area contributed by atoms with E-state index in [1.54, 1.807) is 0 Å². The van der Waals surface area contributed by atoms with Gasteiger partial charge in [0.25, 0.3) is 0 Å². The lowest BCUT2D eigenvalue weighted by Crippen LogP contribution is -2.46. The number of pyridine rings is 1. The van der Waals surface area contributed by atoms with E-state index >= 15 is 0 Å². The van der Waals surface area contributed by atoms with E-state index in [4.69, 9.17) is 14.1 Å². The minimum Gasteiger partial charge on any atom is -0.461 e. The van der Waals surface area contributed by atoms with Gasteiger partial charge in [0.15, 0.2) is 0 Å². The molecule has 14 rings (SSSR count). The first kappa shape index (κ1) is 35.4. The number of hydrogen-bond donors (Lipinski definition) is 0. The smallest absolute Gasteiger partial charge is 0.136 e. The van der Waals surface area contributed by atoms with Crippen molar-refractivity contribution in [3.63, 3.8) is 0 Å². The summed E-state index contributed by atoms with van der Waals surface area (Å²) < 4.78 is 16.1. The highest BCUT2D eigenvalue weighted by molar-refractivity contribution is 6.14. The minimum absolute atomic E-state index is 0.0158. The van der Waals surface area contributed by atoms with E-state index in [0.29, 0.717) is 0 Å². The second-order valence-electron chi connectivity index (χ2n) is 17.3. The van der Waals surface area contributed by atoms with E-state index in [-0.39, 0.29) is 5.92 Å². The number of para-hydroxylation sites is 4. The molecule has 0 saturated heterocycles. The van der Waals surface area contributed by atoms with Gasteiger partial charge in [0.2, 0.25) is 0 Å². The number of allylic oxidation sites excluding steroid dienone is 4. The Morgan fingerprint density at radius 2 is 1.19 bits per heavy atom. The van der Waals surface area contributed by atoms with E-state index < -0.39 is 5.41 Å². The summed E-state index contributed by atoms with van der Waals surface area (Å²) in [6.07, 6.45) is 5.31. The second kappa shape index (κ2) is 13.4. The van der Waals surface area contributed by atoms with Gasteiger partial charge in [-0.1, -0.05) is 158 Å². The van der Waals surface area contributed by atoms with Crippen molar-refractivity contribution in [1.29, 1.82) is 0 Å². The van der Waals surface area contributed by atoms with Crippen molar-refractivity contribution in [2.24, 2.45) is 5.92 Å². The van der Waals surface area contributed by atoms with Gasteiger partial charge < -0.3 is 13.7 Å². The first-order valence-corrected chi connectivity index (χ1v) is 22.1. The van der Waals surface area contributed by atoms with Crippen molar-refractivity contribution >= 4 is 49.3 Å². The Morgan fingerprint density at radius 1 is 0.500 bits per heavy atom. The largest absolute Gasteiger partial charge is 0.461 e. The zero-order valence-electron chi connectivity index (χ0n) is 34.7. The van der Waals surface area contributed by atoms with Crippen LogP contribution >= 0.6 is 0 Å². The van der Waals surface area contributed by atoms with Gasteiger partial charge in [0.05, 0.1) is 33.5 Å². The molecule has 1 aliphatic carbocycles. The quantitative estimate of drug-likeness (QED) is 0.178. The van der Waals surface area contributed by atoms with Gasteiger partial charge >= 0.3 is 0 Å². The zero-order chi connectivity index (χ0) is 41.9. The van der Waals surface area contributed by atoms with Crippen LogP contribution in [-0.2, 0) is 5.41 Å². The van der Waals surface area contributed by atoms with Crippen molar-refractivity contribution in [2.75, 3.05) is 0 Å². The summed E-state index contributed by atoms with van der Waals surface area (Å²) in [6, 6.07) is 72.1. The number of rotatable bonds is 4. The van der Waals surface area contributed by atoms with Crippen LogP contribution in [0.15, 0.2) is 223 Å². The highest BCUT2D eigenvalue weighted by Crippen LogP contribution is 2.62. The molecule has 0 radical (unpaired) electrons. The van der Waals surface area contributed by atoms with E-state index in [9.17, 15) is 0 Å². The number of hydrogen-bond acceptors (Lipinski definition) is 3. The predicted octanol–water partition coefficient (Wildman–Crippen LogP) is 15.1. The maximum absolute atomic E-state index is 6.96. The Balaban J connectivity index is 0.956. The molecule has 8 aromatic carbocycles. The van der Waals surface area contributed by atoms with Crippen LogP contribution in [-0.4, -0.2) is 9.55 Å². The molecule has 0 bridgehead atoms. The van der Waals surface area contributed by atoms with Crippen LogP contribution in [0.1, 0.15) is 28.7 Å². The predicted molar refractivity (Wildman–Crippen MR) is 260 cm³/mol. The highest BCUT2D eigenvalue weighted by atomic mass is 16.5. The Morgan fingerprint density at radius 3 is 2.02 bits per heavy atom. The fourth-order valence-electron chi connectivity index (χ4n) is 11.4. The van der Waals surface area contributed by atoms with E-state index in [1.165, 1.54) is 55.3 Å².